The number of esters is 1. The summed E-state index contributed by atoms with van der Waals surface area (Å²) in [6.45, 7) is 13.1. The summed E-state index contributed by atoms with van der Waals surface area (Å²) in [4.78, 5) is 17.3. The number of aliphatic hydroxyl groups excluding tert-OH is 2. The van der Waals surface area contributed by atoms with E-state index in [2.05, 4.69) is 18.0 Å². The average Bonchev–Trinajstić information content (AvgIpc) is 3.18. The molecule has 1 aliphatic rings. The monoisotopic (exact) mass is 513 g/mol. The molecule has 2 N–H and O–H groups in total. The lowest BCUT2D eigenvalue weighted by atomic mass is 9.94. The molecule has 0 aromatic carbocycles. The number of hydrogen-bond donors (Lipinski definition) is 2. The van der Waals surface area contributed by atoms with Crippen LogP contribution in [0.25, 0.3) is 6.08 Å². The second-order valence-corrected chi connectivity index (χ2v) is 14.4. The number of aryl methyl sites for hydroxylation is 1. The molecule has 2 heterocycles. The van der Waals surface area contributed by atoms with E-state index in [1.807, 2.05) is 32.2 Å². The lowest BCUT2D eigenvalue weighted by molar-refractivity contribution is -0.149. The molecule has 194 valence electrons. The topological polar surface area (TPSA) is 103 Å². The Balaban J connectivity index is 2.32. The summed E-state index contributed by atoms with van der Waals surface area (Å²) in [5.74, 6) is -0.524. The van der Waals surface area contributed by atoms with Crippen molar-refractivity contribution < 1.29 is 24.3 Å². The third kappa shape index (κ3) is 7.92. The van der Waals surface area contributed by atoms with Crippen LogP contribution in [0.1, 0.15) is 84.3 Å². The van der Waals surface area contributed by atoms with E-state index in [9.17, 15) is 19.6 Å². The molecule has 34 heavy (non-hydrogen) atoms. The van der Waals surface area contributed by atoms with E-state index in [1.165, 1.54) is 5.57 Å². The predicted molar refractivity (Wildman–Crippen MR) is 143 cm³/mol. The van der Waals surface area contributed by atoms with E-state index in [-0.39, 0.29) is 12.3 Å². The van der Waals surface area contributed by atoms with Gasteiger partial charge in [0.15, 0.2) is 0 Å². The number of allylic oxidation sites excluding steroid dienone is 1. The summed E-state index contributed by atoms with van der Waals surface area (Å²) in [6, 6.07) is 0. The number of thiazole rings is 1. The van der Waals surface area contributed by atoms with Crippen molar-refractivity contribution in [2.24, 2.45) is 5.92 Å². The highest BCUT2D eigenvalue weighted by Gasteiger charge is 2.40. The van der Waals surface area contributed by atoms with E-state index < -0.39 is 45.5 Å². The Kier molecular flexibility index (Phi) is 10.8. The van der Waals surface area contributed by atoms with Gasteiger partial charge in [-0.15, -0.1) is 11.3 Å². The van der Waals surface area contributed by atoms with Crippen LogP contribution in [-0.4, -0.2) is 54.0 Å². The Morgan fingerprint density at radius 1 is 1.32 bits per heavy atom. The second-order valence-electron chi connectivity index (χ2n) is 10.4. The first-order valence-corrected chi connectivity index (χ1v) is 14.5. The number of cyclic esters (lactones) is 1. The number of nitrogens with zero attached hydrogens (tertiary/aromatic N) is 1. The third-order valence-electron chi connectivity index (χ3n) is 7.04. The molecule has 2 rings (SSSR count). The van der Waals surface area contributed by atoms with Crippen LogP contribution in [0.3, 0.4) is 0 Å². The number of rotatable bonds is 2. The summed E-state index contributed by atoms with van der Waals surface area (Å²) in [6.07, 6.45) is 4.65. The van der Waals surface area contributed by atoms with E-state index in [1.54, 1.807) is 32.1 Å². The summed E-state index contributed by atoms with van der Waals surface area (Å²) in [5.41, 5.74) is 2.93. The lowest BCUT2D eigenvalue weighted by Gasteiger charge is -2.47. The molecule has 0 spiro atoms. The Morgan fingerprint density at radius 3 is 2.62 bits per heavy atom. The summed E-state index contributed by atoms with van der Waals surface area (Å²) in [7, 11) is 0. The van der Waals surface area contributed by atoms with Crippen LogP contribution in [0, 0.1) is 12.8 Å². The molecule has 0 amide bonds. The zero-order chi connectivity index (χ0) is 25.6. The number of hydrogen-bond acceptors (Lipinski definition) is 7. The first-order chi connectivity index (χ1) is 15.8. The van der Waals surface area contributed by atoms with Crippen molar-refractivity contribution in [3.05, 3.63) is 33.3 Å². The molecule has 0 radical (unpaired) electrons. The molecule has 0 unspecified atom stereocenters. The third-order valence-corrected chi connectivity index (χ3v) is 10.6. The van der Waals surface area contributed by atoms with Gasteiger partial charge >= 0.3 is 5.97 Å². The van der Waals surface area contributed by atoms with Gasteiger partial charge in [-0.05, 0) is 78.4 Å². The number of aliphatic hydroxyl groups is 2. The first kappa shape index (κ1) is 29.0. The number of carbonyl (C=O) groups is 1. The lowest BCUT2D eigenvalue weighted by Crippen LogP contribution is -2.52. The van der Waals surface area contributed by atoms with Crippen LogP contribution in [0.2, 0.25) is 0 Å². The van der Waals surface area contributed by atoms with Gasteiger partial charge in [-0.25, -0.2) is 4.98 Å². The van der Waals surface area contributed by atoms with Gasteiger partial charge in [0, 0.05) is 11.8 Å². The Morgan fingerprint density at radius 2 is 2.00 bits per heavy atom. The van der Waals surface area contributed by atoms with E-state index >= 15 is 0 Å². The summed E-state index contributed by atoms with van der Waals surface area (Å²) < 4.78 is 18.2. The number of ether oxygens (including phenoxy) is 1. The fraction of sp³-hybridized carbons (Fsp3) is 0.692. The van der Waals surface area contributed by atoms with Crippen LogP contribution in [0.5, 0.6) is 0 Å². The highest BCUT2D eigenvalue weighted by molar-refractivity contribution is 7.93. The largest absolute Gasteiger partial charge is 0.688 e. The predicted octanol–water partition coefficient (Wildman–Crippen LogP) is 4.42. The van der Waals surface area contributed by atoms with Crippen LogP contribution in [0.15, 0.2) is 22.6 Å². The molecule has 0 aliphatic carbocycles. The van der Waals surface area contributed by atoms with Gasteiger partial charge in [0.25, 0.3) is 0 Å². The van der Waals surface area contributed by atoms with E-state index in [0.717, 1.165) is 35.5 Å². The first-order valence-electron chi connectivity index (χ1n) is 12.2. The zero-order valence-corrected chi connectivity index (χ0v) is 23.4. The Labute approximate surface area is 211 Å². The summed E-state index contributed by atoms with van der Waals surface area (Å²) in [5, 5.41) is 24.2. The van der Waals surface area contributed by atoms with Crippen molar-refractivity contribution >= 4 is 34.6 Å². The average molecular weight is 514 g/mol. The van der Waals surface area contributed by atoms with Gasteiger partial charge in [0.2, 0.25) is 0 Å². The summed E-state index contributed by atoms with van der Waals surface area (Å²) >= 11 is -0.860. The minimum absolute atomic E-state index is 0.00191. The van der Waals surface area contributed by atoms with Crippen molar-refractivity contribution in [1.82, 2.24) is 4.98 Å². The standard InChI is InChI=1S/C26H43NO5S2/c1-16-9-8-10-17(2)25(30)19(4)34(31)26(6,7)23(28)14-24(29)32-22(12-11-16)18(3)13-21-15-33-20(5)27-21/h11,13,15,17,19,22-23,25,28,30H,8-10,12,14,34H2,1-7H3/t17-,19+,22-,23-,25-/m0/s1. The molecule has 6 nitrogen and oxygen atoms in total. The molecule has 1 aromatic rings. The van der Waals surface area contributed by atoms with E-state index in [0.29, 0.717) is 6.42 Å². The SMILES string of the molecule is CC1=CC[C@@H](C(C)=Cc2csc(C)n2)OC(=O)C[C@H](O)C(C)(C)[SH2+]([O-])[C@H](C)[C@@H](O)[C@@H](C)CCC1. The maximum Gasteiger partial charge on any atom is 0.309 e. The quantitative estimate of drug-likeness (QED) is 0.345. The van der Waals surface area contributed by atoms with Gasteiger partial charge in [0.1, 0.15) is 12.2 Å². The molecular weight excluding hydrogens is 470 g/mol. The van der Waals surface area contributed by atoms with Gasteiger partial charge in [-0.2, -0.15) is 0 Å². The number of carbonyl (C=O) groups excluding carboxylic acids is 1. The Hall–Kier alpha value is -1.19. The molecule has 0 bridgehead atoms. The fourth-order valence-corrected chi connectivity index (χ4v) is 7.22. The molecular formula is C26H43NO5S2. The maximum atomic E-state index is 13.4. The highest BCUT2D eigenvalue weighted by Crippen LogP contribution is 2.32. The van der Waals surface area contributed by atoms with Crippen LogP contribution >= 0.6 is 11.3 Å². The second kappa shape index (κ2) is 12.7. The molecule has 8 heteroatoms. The smallest absolute Gasteiger partial charge is 0.309 e. The Bertz CT molecular complexity index is 878. The normalized spacial score (nSPS) is 31.6. The van der Waals surface area contributed by atoms with Crippen molar-refractivity contribution in [3.63, 3.8) is 0 Å². The van der Waals surface area contributed by atoms with E-state index in [4.69, 9.17) is 4.74 Å². The molecule has 1 aromatic heterocycles. The molecule has 0 saturated carbocycles. The van der Waals surface area contributed by atoms with Crippen LogP contribution < -0.4 is 0 Å². The molecule has 0 saturated heterocycles. The molecule has 5 atom stereocenters. The highest BCUT2D eigenvalue weighted by atomic mass is 32.2. The van der Waals surface area contributed by atoms with Gasteiger partial charge in [0.05, 0.1) is 33.2 Å². The van der Waals surface area contributed by atoms with Crippen molar-refractivity contribution in [3.8, 4) is 0 Å². The van der Waals surface area contributed by atoms with Gasteiger partial charge < -0.3 is 30.7 Å². The van der Waals surface area contributed by atoms with Gasteiger partial charge in [-0.1, -0.05) is 18.6 Å². The minimum atomic E-state index is -2.43. The fourth-order valence-electron chi connectivity index (χ4n) is 4.40. The number of aromatic nitrogens is 1. The van der Waals surface area contributed by atoms with Gasteiger partial charge in [-0.3, -0.25) is 4.79 Å². The van der Waals surface area contributed by atoms with Crippen LogP contribution in [0.4, 0.5) is 0 Å². The molecule has 0 fully saturated rings. The van der Waals surface area contributed by atoms with Crippen molar-refractivity contribution in [2.45, 2.75) is 109 Å². The zero-order valence-electron chi connectivity index (χ0n) is 21.6. The van der Waals surface area contributed by atoms with Crippen LogP contribution in [-0.2, 0) is 20.7 Å². The maximum absolute atomic E-state index is 13.4. The molecule has 1 aliphatic heterocycles. The van der Waals surface area contributed by atoms with Crippen molar-refractivity contribution in [1.29, 1.82) is 0 Å². The van der Waals surface area contributed by atoms with Crippen molar-refractivity contribution in [2.75, 3.05) is 0 Å². The minimum Gasteiger partial charge on any atom is -0.688 e.